The molecule has 0 spiro atoms. The first-order valence-corrected chi connectivity index (χ1v) is 4.96. The van der Waals surface area contributed by atoms with Gasteiger partial charge >= 0.3 is 0 Å². The number of anilines is 1. The summed E-state index contributed by atoms with van der Waals surface area (Å²) in [6, 6.07) is 1.93. The zero-order chi connectivity index (χ0) is 10.1. The van der Waals surface area contributed by atoms with Crippen LogP contribution in [0.3, 0.4) is 0 Å². The van der Waals surface area contributed by atoms with E-state index < -0.39 is 0 Å². The van der Waals surface area contributed by atoms with Gasteiger partial charge in [0, 0.05) is 31.7 Å². The lowest BCUT2D eigenvalue weighted by atomic mass is 10.5. The molecule has 0 saturated carbocycles. The molecule has 0 unspecified atom stereocenters. The van der Waals surface area contributed by atoms with Crippen LogP contribution >= 0.6 is 0 Å². The van der Waals surface area contributed by atoms with Crippen LogP contribution in [0, 0.1) is 0 Å². The van der Waals surface area contributed by atoms with Crippen molar-refractivity contribution in [2.24, 2.45) is 0 Å². The molecule has 0 aliphatic heterocycles. The number of hydrogen-bond acceptors (Lipinski definition) is 2. The predicted molar refractivity (Wildman–Crippen MR) is 59.1 cm³/mol. The summed E-state index contributed by atoms with van der Waals surface area (Å²) in [5.74, 6) is 0. The molecule has 4 nitrogen and oxygen atoms in total. The first kappa shape index (κ1) is 8.99. The lowest BCUT2D eigenvalue weighted by Gasteiger charge is -2.22. The second kappa shape index (κ2) is 3.29. The van der Waals surface area contributed by atoms with Gasteiger partial charge in [-0.3, -0.25) is 0 Å². The topological polar surface area (TPSA) is 38.6 Å². The van der Waals surface area contributed by atoms with Crippen molar-refractivity contribution >= 4 is 11.3 Å². The van der Waals surface area contributed by atoms with Gasteiger partial charge in [0.25, 0.3) is 0 Å². The molecule has 2 heterocycles. The van der Waals surface area contributed by atoms with Crippen LogP contribution in [-0.2, 0) is 0 Å². The van der Waals surface area contributed by atoms with Crippen LogP contribution in [0.4, 0.5) is 5.69 Å². The summed E-state index contributed by atoms with van der Waals surface area (Å²) < 4.78 is 4.14. The van der Waals surface area contributed by atoms with Crippen LogP contribution in [0.5, 0.6) is 0 Å². The van der Waals surface area contributed by atoms with Crippen LogP contribution < -0.4 is 10.7 Å². The minimum absolute atomic E-state index is 0.821. The highest BCUT2D eigenvalue weighted by Gasteiger charge is 2.08. The third-order valence-electron chi connectivity index (χ3n) is 2.54. The molecule has 0 aliphatic carbocycles. The van der Waals surface area contributed by atoms with Crippen LogP contribution in [0.25, 0.3) is 5.65 Å². The van der Waals surface area contributed by atoms with Crippen molar-refractivity contribution < 1.29 is 0 Å². The molecule has 0 aromatic carbocycles. The third kappa shape index (κ3) is 1.14. The van der Waals surface area contributed by atoms with E-state index in [1.807, 2.05) is 29.1 Å². The van der Waals surface area contributed by atoms with E-state index in [1.54, 1.807) is 0 Å². The second-order valence-electron chi connectivity index (χ2n) is 3.28. The van der Waals surface area contributed by atoms with Crippen molar-refractivity contribution in [2.45, 2.75) is 13.8 Å². The lowest BCUT2D eigenvalue weighted by molar-refractivity contribution is 0.637. The van der Waals surface area contributed by atoms with E-state index in [-0.39, 0.29) is 0 Å². The highest BCUT2D eigenvalue weighted by atomic mass is 15.6. The molecule has 14 heavy (non-hydrogen) atoms. The summed E-state index contributed by atoms with van der Waals surface area (Å²) >= 11 is 0. The van der Waals surface area contributed by atoms with E-state index in [0.29, 0.717) is 0 Å². The number of nitrogens with zero attached hydrogens (tertiary/aromatic N) is 3. The average Bonchev–Trinajstić information content (AvgIpc) is 2.74. The Morgan fingerprint density at radius 2 is 1.93 bits per heavy atom. The molecular formula is C10H16N4. The van der Waals surface area contributed by atoms with Crippen LogP contribution in [0.2, 0.25) is 0 Å². The number of fused-ring (bicyclic) bond motifs is 1. The highest BCUT2D eigenvalue weighted by molar-refractivity contribution is 5.66. The Kier molecular flexibility index (Phi) is 2.11. The molecule has 0 fully saturated rings. The van der Waals surface area contributed by atoms with Gasteiger partial charge in [0.1, 0.15) is 0 Å². The summed E-state index contributed by atoms with van der Waals surface area (Å²) in [6.45, 7) is 6.23. The van der Waals surface area contributed by atoms with Gasteiger partial charge in [-0.1, -0.05) is 0 Å². The van der Waals surface area contributed by atoms with Gasteiger partial charge in [0.05, 0.1) is 5.69 Å². The first-order chi connectivity index (χ1) is 6.77. The van der Waals surface area contributed by atoms with Crippen molar-refractivity contribution in [3.05, 3.63) is 24.7 Å². The fourth-order valence-electron chi connectivity index (χ4n) is 1.79. The maximum absolute atomic E-state index is 5.90. The average molecular weight is 192 g/mol. The summed E-state index contributed by atoms with van der Waals surface area (Å²) in [6.07, 6.45) is 6.04. The van der Waals surface area contributed by atoms with Gasteiger partial charge in [-0.2, -0.15) is 0 Å². The van der Waals surface area contributed by atoms with Crippen LogP contribution in [0.15, 0.2) is 24.7 Å². The monoisotopic (exact) mass is 192 g/mol. The molecule has 2 aromatic heterocycles. The molecule has 0 saturated heterocycles. The van der Waals surface area contributed by atoms with Crippen molar-refractivity contribution in [2.75, 3.05) is 23.8 Å². The van der Waals surface area contributed by atoms with Gasteiger partial charge in [-0.05, 0) is 19.9 Å². The van der Waals surface area contributed by atoms with Crippen LogP contribution in [-0.4, -0.2) is 22.2 Å². The largest absolute Gasteiger partial charge is 0.396 e. The molecule has 0 aliphatic rings. The Morgan fingerprint density at radius 1 is 1.21 bits per heavy atom. The van der Waals surface area contributed by atoms with E-state index in [1.165, 1.54) is 0 Å². The van der Waals surface area contributed by atoms with E-state index in [9.17, 15) is 0 Å². The normalized spacial score (nSPS) is 11.0. The van der Waals surface area contributed by atoms with E-state index in [2.05, 4.69) is 23.5 Å². The number of nitrogen functional groups attached to an aromatic ring is 1. The third-order valence-corrected chi connectivity index (χ3v) is 2.54. The molecule has 2 aromatic rings. The number of nitrogens with two attached hydrogens (primary N) is 1. The maximum Gasteiger partial charge on any atom is 0.159 e. The predicted octanol–water partition coefficient (Wildman–Crippen LogP) is 1.30. The molecule has 2 rings (SSSR count). The minimum Gasteiger partial charge on any atom is -0.396 e. The van der Waals surface area contributed by atoms with Crippen molar-refractivity contribution in [3.63, 3.8) is 0 Å². The molecule has 76 valence electrons. The Morgan fingerprint density at radius 3 is 2.57 bits per heavy atom. The fourth-order valence-corrected chi connectivity index (χ4v) is 1.79. The summed E-state index contributed by atoms with van der Waals surface area (Å²) in [5.41, 5.74) is 7.77. The van der Waals surface area contributed by atoms with Gasteiger partial charge in [0.15, 0.2) is 5.65 Å². The molecule has 4 heteroatoms. The van der Waals surface area contributed by atoms with Crippen molar-refractivity contribution in [3.8, 4) is 0 Å². The molecule has 0 bridgehead atoms. The maximum atomic E-state index is 5.90. The van der Waals surface area contributed by atoms with E-state index in [0.717, 1.165) is 24.4 Å². The molecule has 0 radical (unpaired) electrons. The van der Waals surface area contributed by atoms with Gasteiger partial charge < -0.3 is 15.1 Å². The van der Waals surface area contributed by atoms with Crippen molar-refractivity contribution in [1.82, 2.24) is 9.08 Å². The zero-order valence-corrected chi connectivity index (χ0v) is 8.64. The zero-order valence-electron chi connectivity index (χ0n) is 8.64. The minimum atomic E-state index is 0.821. The Hall–Kier alpha value is -1.58. The Bertz CT molecular complexity index is 422. The number of aromatic nitrogens is 2. The van der Waals surface area contributed by atoms with E-state index in [4.69, 9.17) is 5.73 Å². The quantitative estimate of drug-likeness (QED) is 0.796. The Labute approximate surface area is 83.5 Å². The second-order valence-corrected chi connectivity index (χ2v) is 3.28. The fraction of sp³-hybridized carbons (Fsp3) is 0.400. The molecular weight excluding hydrogens is 176 g/mol. The number of imidazole rings is 1. The van der Waals surface area contributed by atoms with Gasteiger partial charge in [-0.15, -0.1) is 0 Å². The van der Waals surface area contributed by atoms with E-state index >= 15 is 0 Å². The molecule has 0 amide bonds. The summed E-state index contributed by atoms with van der Waals surface area (Å²) in [7, 11) is 0. The SMILES string of the molecule is CCN(CC)n1ccn2ccc(N)c12. The molecule has 2 N–H and O–H groups in total. The molecule has 0 atom stereocenters. The summed E-state index contributed by atoms with van der Waals surface area (Å²) in [4.78, 5) is 0. The number of hydrogen-bond donors (Lipinski definition) is 1. The lowest BCUT2D eigenvalue weighted by Crippen LogP contribution is -2.33. The summed E-state index contributed by atoms with van der Waals surface area (Å²) in [5, 5.41) is 2.23. The standard InChI is InChI=1S/C10H16N4/c1-3-13(4-2)14-8-7-12-6-5-9(11)10(12)14/h5-8H,3-4,11H2,1-2H3. The Balaban J connectivity index is 2.55. The smallest absolute Gasteiger partial charge is 0.159 e. The van der Waals surface area contributed by atoms with Crippen LogP contribution in [0.1, 0.15) is 13.8 Å². The number of rotatable bonds is 3. The first-order valence-electron chi connectivity index (χ1n) is 4.96. The van der Waals surface area contributed by atoms with Gasteiger partial charge in [0.2, 0.25) is 0 Å². The highest BCUT2D eigenvalue weighted by Crippen LogP contribution is 2.15. The van der Waals surface area contributed by atoms with Gasteiger partial charge in [-0.25, -0.2) is 4.68 Å². The van der Waals surface area contributed by atoms with Crippen molar-refractivity contribution in [1.29, 1.82) is 0 Å².